The monoisotopic (exact) mass is 366 g/mol. The molecular weight excluding hydrogens is 348 g/mol. The molecule has 0 radical (unpaired) electrons. The van der Waals surface area contributed by atoms with Crippen LogP contribution in [0.3, 0.4) is 0 Å². The lowest BCUT2D eigenvalue weighted by Gasteiger charge is -2.29. The molecule has 2 heterocycles. The first-order valence-electron chi connectivity index (χ1n) is 6.53. The second-order valence-electron chi connectivity index (χ2n) is 4.66. The summed E-state index contributed by atoms with van der Waals surface area (Å²) in [6.07, 6.45) is 3.42. The highest BCUT2D eigenvalue weighted by Gasteiger charge is 2.27. The molecule has 1 fully saturated rings. The number of rotatable bonds is 5. The molecule has 0 amide bonds. The summed E-state index contributed by atoms with van der Waals surface area (Å²) >= 11 is 4.58. The molecule has 1 aromatic rings. The molecule has 0 bridgehead atoms. The molecule has 2 rings (SSSR count). The first-order valence-corrected chi connectivity index (χ1v) is 9.58. The van der Waals surface area contributed by atoms with E-state index in [0.29, 0.717) is 17.3 Å². The molecule has 1 saturated heterocycles. The van der Waals surface area contributed by atoms with Gasteiger partial charge >= 0.3 is 0 Å². The van der Waals surface area contributed by atoms with Gasteiger partial charge in [0.25, 0.3) is 10.0 Å². The van der Waals surface area contributed by atoms with E-state index in [2.05, 4.69) is 21.2 Å². The van der Waals surface area contributed by atoms with Gasteiger partial charge in [0.05, 0.1) is 3.79 Å². The molecule has 19 heavy (non-hydrogen) atoms. The highest BCUT2D eigenvalue weighted by molar-refractivity contribution is 9.11. The number of nitrogens with zero attached hydrogens (tertiary/aromatic N) is 1. The number of hydrogen-bond acceptors (Lipinski definition) is 4. The van der Waals surface area contributed by atoms with Crippen molar-refractivity contribution < 1.29 is 8.42 Å². The van der Waals surface area contributed by atoms with Gasteiger partial charge in [-0.15, -0.1) is 11.3 Å². The van der Waals surface area contributed by atoms with Gasteiger partial charge in [-0.25, -0.2) is 8.42 Å². The fourth-order valence-corrected chi connectivity index (χ4v) is 5.94. The summed E-state index contributed by atoms with van der Waals surface area (Å²) in [5, 5.41) is 3.40. The van der Waals surface area contributed by atoms with Crippen LogP contribution in [0.15, 0.2) is 20.1 Å². The smallest absolute Gasteiger partial charge is 0.252 e. The van der Waals surface area contributed by atoms with Crippen LogP contribution in [0, 0.1) is 0 Å². The molecule has 0 saturated carbocycles. The van der Waals surface area contributed by atoms with Gasteiger partial charge in [0.2, 0.25) is 0 Å². The lowest BCUT2D eigenvalue weighted by molar-refractivity contribution is 0.320. The van der Waals surface area contributed by atoms with Gasteiger partial charge < -0.3 is 5.32 Å². The molecule has 1 N–H and O–H groups in total. The third kappa shape index (κ3) is 3.78. The zero-order valence-electron chi connectivity index (χ0n) is 10.9. The van der Waals surface area contributed by atoms with E-state index < -0.39 is 10.0 Å². The Balaban J connectivity index is 2.11. The van der Waals surface area contributed by atoms with E-state index in [9.17, 15) is 8.42 Å². The minimum atomic E-state index is -3.35. The zero-order valence-corrected chi connectivity index (χ0v) is 14.2. The minimum Gasteiger partial charge on any atom is -0.313 e. The second kappa shape index (κ2) is 6.67. The van der Waals surface area contributed by atoms with Crippen molar-refractivity contribution in [2.75, 3.05) is 19.6 Å². The molecule has 1 aromatic heterocycles. The van der Waals surface area contributed by atoms with E-state index in [1.165, 1.54) is 24.2 Å². The number of piperidine rings is 1. The largest absolute Gasteiger partial charge is 0.313 e. The molecule has 1 unspecified atom stereocenters. The van der Waals surface area contributed by atoms with Crippen LogP contribution < -0.4 is 5.32 Å². The number of likely N-dealkylation sites (N-methyl/N-ethyl adjacent to an activating group) is 1. The first kappa shape index (κ1) is 15.4. The predicted octanol–water partition coefficient (Wildman–Crippen LogP) is 2.66. The van der Waals surface area contributed by atoms with Crippen molar-refractivity contribution in [2.45, 2.75) is 36.4 Å². The Kier molecular flexibility index (Phi) is 5.42. The van der Waals surface area contributed by atoms with Gasteiger partial charge in [0, 0.05) is 19.1 Å². The van der Waals surface area contributed by atoms with Crippen LogP contribution in [0.2, 0.25) is 0 Å². The van der Waals surface area contributed by atoms with Crippen molar-refractivity contribution in [3.8, 4) is 0 Å². The maximum absolute atomic E-state index is 12.5. The fourth-order valence-electron chi connectivity index (χ4n) is 2.29. The standard InChI is InChI=1S/C12H19BrN2O2S2/c1-2-15(9-10-5-3-4-8-14-10)19(16,17)12-7-6-11(13)18-12/h6-7,10,14H,2-5,8-9H2,1H3. The van der Waals surface area contributed by atoms with Crippen LogP contribution in [-0.4, -0.2) is 38.4 Å². The molecule has 0 spiro atoms. The van der Waals surface area contributed by atoms with Crippen LogP contribution in [-0.2, 0) is 10.0 Å². The first-order chi connectivity index (χ1) is 9.04. The van der Waals surface area contributed by atoms with E-state index in [1.54, 1.807) is 16.4 Å². The van der Waals surface area contributed by atoms with Gasteiger partial charge in [-0.3, -0.25) is 0 Å². The highest BCUT2D eigenvalue weighted by Crippen LogP contribution is 2.28. The highest BCUT2D eigenvalue weighted by atomic mass is 79.9. The number of hydrogen-bond donors (Lipinski definition) is 1. The normalized spacial score (nSPS) is 20.9. The van der Waals surface area contributed by atoms with E-state index in [0.717, 1.165) is 16.8 Å². The molecule has 0 aliphatic carbocycles. The van der Waals surface area contributed by atoms with Gasteiger partial charge in [0.15, 0.2) is 0 Å². The summed E-state index contributed by atoms with van der Waals surface area (Å²) in [6.45, 7) is 3.96. The molecule has 1 aliphatic heterocycles. The third-order valence-corrected chi connectivity index (χ3v) is 7.36. The van der Waals surface area contributed by atoms with E-state index in [1.807, 2.05) is 6.92 Å². The molecule has 0 aromatic carbocycles. The average Bonchev–Trinajstić information content (AvgIpc) is 2.84. The lowest BCUT2D eigenvalue weighted by atomic mass is 10.1. The summed E-state index contributed by atoms with van der Waals surface area (Å²) in [4.78, 5) is 0. The van der Waals surface area contributed by atoms with Crippen LogP contribution in [0.5, 0.6) is 0 Å². The molecule has 1 aliphatic rings. The number of halogens is 1. The van der Waals surface area contributed by atoms with E-state index >= 15 is 0 Å². The van der Waals surface area contributed by atoms with Gasteiger partial charge in [-0.05, 0) is 47.4 Å². The van der Waals surface area contributed by atoms with Gasteiger partial charge in [-0.1, -0.05) is 13.3 Å². The average molecular weight is 367 g/mol. The Labute approximate surface area is 127 Å². The third-order valence-electron chi connectivity index (χ3n) is 3.33. The van der Waals surface area contributed by atoms with Gasteiger partial charge in [0.1, 0.15) is 4.21 Å². The van der Waals surface area contributed by atoms with Gasteiger partial charge in [-0.2, -0.15) is 4.31 Å². The Morgan fingerprint density at radius 1 is 1.47 bits per heavy atom. The van der Waals surface area contributed by atoms with Crippen molar-refractivity contribution >= 4 is 37.3 Å². The van der Waals surface area contributed by atoms with E-state index in [4.69, 9.17) is 0 Å². The molecular formula is C12H19BrN2O2S2. The van der Waals surface area contributed by atoms with Crippen molar-refractivity contribution in [3.63, 3.8) is 0 Å². The summed E-state index contributed by atoms with van der Waals surface area (Å²) < 4.78 is 27.9. The summed E-state index contributed by atoms with van der Waals surface area (Å²) in [5.41, 5.74) is 0. The SMILES string of the molecule is CCN(CC1CCCCN1)S(=O)(=O)c1ccc(Br)s1. The van der Waals surface area contributed by atoms with Crippen molar-refractivity contribution in [3.05, 3.63) is 15.9 Å². The molecule has 1 atom stereocenters. The van der Waals surface area contributed by atoms with Crippen LogP contribution in [0.25, 0.3) is 0 Å². The quantitative estimate of drug-likeness (QED) is 0.871. The summed E-state index contributed by atoms with van der Waals surface area (Å²) in [5.74, 6) is 0. The maximum atomic E-state index is 12.5. The van der Waals surface area contributed by atoms with Crippen LogP contribution >= 0.6 is 27.3 Å². The Hall–Kier alpha value is 0.0500. The number of sulfonamides is 1. The van der Waals surface area contributed by atoms with Crippen molar-refractivity contribution in [2.24, 2.45) is 0 Å². The van der Waals surface area contributed by atoms with Crippen molar-refractivity contribution in [1.82, 2.24) is 9.62 Å². The minimum absolute atomic E-state index is 0.284. The molecule has 4 nitrogen and oxygen atoms in total. The maximum Gasteiger partial charge on any atom is 0.252 e. The lowest BCUT2D eigenvalue weighted by Crippen LogP contribution is -2.45. The zero-order chi connectivity index (χ0) is 13.9. The second-order valence-corrected chi connectivity index (χ2v) is 9.29. The Morgan fingerprint density at radius 2 is 2.26 bits per heavy atom. The topological polar surface area (TPSA) is 49.4 Å². The summed E-state index contributed by atoms with van der Waals surface area (Å²) in [6, 6.07) is 3.73. The molecule has 7 heteroatoms. The Morgan fingerprint density at radius 3 is 2.79 bits per heavy atom. The number of nitrogens with one attached hydrogen (secondary N) is 1. The Bertz CT molecular complexity index is 510. The molecule has 108 valence electrons. The summed E-state index contributed by atoms with van der Waals surface area (Å²) in [7, 11) is -3.35. The predicted molar refractivity (Wildman–Crippen MR) is 82.1 cm³/mol. The van der Waals surface area contributed by atoms with Crippen LogP contribution in [0.1, 0.15) is 26.2 Å². The van der Waals surface area contributed by atoms with E-state index in [-0.39, 0.29) is 6.04 Å². The van der Waals surface area contributed by atoms with Crippen LogP contribution in [0.4, 0.5) is 0 Å². The number of thiophene rings is 1. The fraction of sp³-hybridized carbons (Fsp3) is 0.667. The van der Waals surface area contributed by atoms with Crippen molar-refractivity contribution in [1.29, 1.82) is 0 Å².